The molecule has 0 unspecified atom stereocenters. The molecule has 1 heterocycles. The Bertz CT molecular complexity index is 2930. The van der Waals surface area contributed by atoms with E-state index in [1.807, 2.05) is 6.07 Å². The van der Waals surface area contributed by atoms with Crippen LogP contribution in [0.3, 0.4) is 0 Å². The normalized spacial score (nSPS) is 11.3. The highest BCUT2D eigenvalue weighted by molar-refractivity contribution is 6.04. The van der Waals surface area contributed by atoms with E-state index in [1.165, 1.54) is 38.2 Å². The fourth-order valence-electron chi connectivity index (χ4n) is 7.88. The van der Waals surface area contributed by atoms with Gasteiger partial charge < -0.3 is 9.32 Å². The average Bonchev–Trinajstić information content (AvgIpc) is 3.64. The lowest BCUT2D eigenvalue weighted by atomic mass is 9.96. The van der Waals surface area contributed by atoms with Crippen molar-refractivity contribution >= 4 is 49.6 Å². The number of anilines is 3. The molecular weight excluding hydrogens is 655 g/mol. The Labute approximate surface area is 314 Å². The number of rotatable bonds is 7. The van der Waals surface area contributed by atoms with E-state index in [-0.39, 0.29) is 0 Å². The van der Waals surface area contributed by atoms with E-state index >= 15 is 0 Å². The zero-order chi connectivity index (χ0) is 35.8. The van der Waals surface area contributed by atoms with Gasteiger partial charge >= 0.3 is 0 Å². The third-order valence-corrected chi connectivity index (χ3v) is 10.5. The van der Waals surface area contributed by atoms with Crippen LogP contribution in [-0.2, 0) is 0 Å². The van der Waals surface area contributed by atoms with Gasteiger partial charge in [-0.15, -0.1) is 0 Å². The van der Waals surface area contributed by atoms with Gasteiger partial charge in [0.25, 0.3) is 0 Å². The first-order valence-corrected chi connectivity index (χ1v) is 18.4. The predicted molar refractivity (Wildman–Crippen MR) is 228 cm³/mol. The molecule has 0 atom stereocenters. The molecule has 0 bridgehead atoms. The molecule has 254 valence electrons. The van der Waals surface area contributed by atoms with Crippen LogP contribution in [0.5, 0.6) is 0 Å². The van der Waals surface area contributed by atoms with Gasteiger partial charge in [0.15, 0.2) is 0 Å². The molecule has 0 aliphatic heterocycles. The quantitative estimate of drug-likeness (QED) is 0.166. The maximum atomic E-state index is 6.83. The Morgan fingerprint density at radius 2 is 0.944 bits per heavy atom. The van der Waals surface area contributed by atoms with E-state index < -0.39 is 0 Å². The maximum Gasteiger partial charge on any atom is 0.145 e. The van der Waals surface area contributed by atoms with Crippen molar-refractivity contribution in [2.75, 3.05) is 4.90 Å². The number of nitrogens with zero attached hydrogens (tertiary/aromatic N) is 1. The first-order valence-electron chi connectivity index (χ1n) is 18.4. The number of fused-ring (bicyclic) bond motifs is 3. The Kier molecular flexibility index (Phi) is 7.85. The molecule has 0 radical (unpaired) electrons. The van der Waals surface area contributed by atoms with Crippen LogP contribution in [0.4, 0.5) is 17.1 Å². The maximum absolute atomic E-state index is 6.83. The number of hydrogen-bond acceptors (Lipinski definition) is 2. The van der Waals surface area contributed by atoms with E-state index in [0.717, 1.165) is 56.0 Å². The van der Waals surface area contributed by atoms with Crippen molar-refractivity contribution in [1.82, 2.24) is 0 Å². The van der Waals surface area contributed by atoms with Crippen molar-refractivity contribution in [2.45, 2.75) is 0 Å². The number of para-hydroxylation sites is 2. The summed E-state index contributed by atoms with van der Waals surface area (Å²) in [5.74, 6) is 0.848. The Morgan fingerprint density at radius 1 is 0.333 bits per heavy atom. The van der Waals surface area contributed by atoms with Gasteiger partial charge in [-0.1, -0.05) is 164 Å². The van der Waals surface area contributed by atoms with Gasteiger partial charge in [-0.3, -0.25) is 0 Å². The van der Waals surface area contributed by atoms with Crippen LogP contribution < -0.4 is 4.90 Å². The van der Waals surface area contributed by atoms with Crippen molar-refractivity contribution in [3.63, 3.8) is 0 Å². The summed E-state index contributed by atoms with van der Waals surface area (Å²) >= 11 is 0. The molecule has 0 fully saturated rings. The summed E-state index contributed by atoms with van der Waals surface area (Å²) in [6, 6.07) is 75.8. The minimum absolute atomic E-state index is 0.848. The SMILES string of the molecule is c1ccc(-c2c(-c3ccccc3N(c3ccc(-c4cccc5ccccc45)cc3)c3cccc(-c4ccc5ccccc5c4)c3)oc3ccccc23)cc1. The highest BCUT2D eigenvalue weighted by Crippen LogP contribution is 2.47. The molecular formula is C52H35NO. The summed E-state index contributed by atoms with van der Waals surface area (Å²) in [5, 5.41) is 6.04. The van der Waals surface area contributed by atoms with Crippen molar-refractivity contribution in [3.05, 3.63) is 212 Å². The minimum atomic E-state index is 0.848. The van der Waals surface area contributed by atoms with Gasteiger partial charge in [0.2, 0.25) is 0 Å². The molecule has 0 spiro atoms. The summed E-state index contributed by atoms with van der Waals surface area (Å²) < 4.78 is 6.83. The summed E-state index contributed by atoms with van der Waals surface area (Å²) in [4.78, 5) is 2.37. The van der Waals surface area contributed by atoms with Gasteiger partial charge in [-0.25, -0.2) is 0 Å². The second kappa shape index (κ2) is 13.4. The average molecular weight is 690 g/mol. The molecule has 2 nitrogen and oxygen atoms in total. The molecule has 54 heavy (non-hydrogen) atoms. The highest BCUT2D eigenvalue weighted by atomic mass is 16.3. The second-order valence-corrected chi connectivity index (χ2v) is 13.7. The van der Waals surface area contributed by atoms with Gasteiger partial charge in [0.05, 0.1) is 5.69 Å². The molecule has 1 aromatic heterocycles. The van der Waals surface area contributed by atoms with Crippen LogP contribution in [0.1, 0.15) is 0 Å². The first kappa shape index (κ1) is 31.6. The molecule has 9 aromatic carbocycles. The standard InChI is InChI=1S/C52H35NO/c1-2-16-39(17-3-1)51-48-24-9-11-27-50(48)54-52(51)47-23-8-10-26-49(47)53(43-32-30-38(31-33-43)46-25-13-19-37-15-6-7-22-45(37)46)44-21-12-20-41(35-44)42-29-28-36-14-4-5-18-40(36)34-42/h1-35H. The molecule has 10 aromatic rings. The van der Waals surface area contributed by atoms with Crippen LogP contribution in [0, 0.1) is 0 Å². The van der Waals surface area contributed by atoms with Crippen molar-refractivity contribution < 1.29 is 4.42 Å². The monoisotopic (exact) mass is 689 g/mol. The first-order chi connectivity index (χ1) is 26.8. The van der Waals surface area contributed by atoms with Crippen molar-refractivity contribution in [3.8, 4) is 44.7 Å². The topological polar surface area (TPSA) is 16.4 Å². The fourth-order valence-corrected chi connectivity index (χ4v) is 7.88. The number of hydrogen-bond donors (Lipinski definition) is 0. The molecule has 0 saturated heterocycles. The van der Waals surface area contributed by atoms with Crippen molar-refractivity contribution in [1.29, 1.82) is 0 Å². The van der Waals surface area contributed by atoms with Crippen molar-refractivity contribution in [2.24, 2.45) is 0 Å². The van der Waals surface area contributed by atoms with Gasteiger partial charge in [-0.05, 0) is 97.9 Å². The lowest BCUT2D eigenvalue weighted by Crippen LogP contribution is -2.11. The van der Waals surface area contributed by atoms with Gasteiger partial charge in [0, 0.05) is 27.9 Å². The smallest absolute Gasteiger partial charge is 0.145 e. The molecule has 0 aliphatic rings. The Balaban J connectivity index is 1.17. The number of furan rings is 1. The molecule has 2 heteroatoms. The third-order valence-electron chi connectivity index (χ3n) is 10.5. The predicted octanol–water partition coefficient (Wildman–Crippen LogP) is 14.9. The molecule has 0 amide bonds. The summed E-state index contributed by atoms with van der Waals surface area (Å²) in [7, 11) is 0. The number of benzene rings is 9. The summed E-state index contributed by atoms with van der Waals surface area (Å²) in [6.07, 6.45) is 0. The lowest BCUT2D eigenvalue weighted by Gasteiger charge is -2.28. The lowest BCUT2D eigenvalue weighted by molar-refractivity contribution is 0.632. The Hall–Kier alpha value is -7.16. The van der Waals surface area contributed by atoms with Gasteiger partial charge in [-0.2, -0.15) is 0 Å². The van der Waals surface area contributed by atoms with E-state index in [0.29, 0.717) is 0 Å². The summed E-state index contributed by atoms with van der Waals surface area (Å²) in [6.45, 7) is 0. The van der Waals surface area contributed by atoms with Crippen LogP contribution >= 0.6 is 0 Å². The van der Waals surface area contributed by atoms with Crippen LogP contribution in [-0.4, -0.2) is 0 Å². The Morgan fingerprint density at radius 3 is 1.81 bits per heavy atom. The molecule has 0 N–H and O–H groups in total. The third kappa shape index (κ3) is 5.62. The van der Waals surface area contributed by atoms with Crippen LogP contribution in [0.2, 0.25) is 0 Å². The molecule has 10 rings (SSSR count). The fraction of sp³-hybridized carbons (Fsp3) is 0. The van der Waals surface area contributed by atoms with Gasteiger partial charge in [0.1, 0.15) is 11.3 Å². The van der Waals surface area contributed by atoms with E-state index in [2.05, 4.69) is 211 Å². The minimum Gasteiger partial charge on any atom is -0.455 e. The van der Waals surface area contributed by atoms with Crippen LogP contribution in [0.25, 0.3) is 77.2 Å². The summed E-state index contributed by atoms with van der Waals surface area (Å²) in [5.41, 5.74) is 12.0. The highest BCUT2D eigenvalue weighted by Gasteiger charge is 2.24. The molecule has 0 saturated carbocycles. The zero-order valence-corrected chi connectivity index (χ0v) is 29.6. The largest absolute Gasteiger partial charge is 0.455 e. The van der Waals surface area contributed by atoms with Crippen LogP contribution in [0.15, 0.2) is 217 Å². The molecule has 0 aliphatic carbocycles. The van der Waals surface area contributed by atoms with E-state index in [9.17, 15) is 0 Å². The van der Waals surface area contributed by atoms with E-state index in [1.54, 1.807) is 0 Å². The second-order valence-electron chi connectivity index (χ2n) is 13.7. The van der Waals surface area contributed by atoms with E-state index in [4.69, 9.17) is 4.42 Å². The zero-order valence-electron chi connectivity index (χ0n) is 29.6.